The largest absolute Gasteiger partial charge is 0.507 e. The normalized spacial score (nSPS) is 9.76. The summed E-state index contributed by atoms with van der Waals surface area (Å²) in [6, 6.07) is 4.20. The van der Waals surface area contributed by atoms with E-state index < -0.39 is 5.97 Å². The lowest BCUT2D eigenvalue weighted by molar-refractivity contribution is -0.145. The Morgan fingerprint density at radius 3 is 2.65 bits per heavy atom. The number of phenols is 1. The fraction of sp³-hybridized carbons (Fsp3) is 0.333. The highest BCUT2D eigenvalue weighted by Crippen LogP contribution is 2.23. The van der Waals surface area contributed by atoms with Crippen molar-refractivity contribution < 1.29 is 24.2 Å². The van der Waals surface area contributed by atoms with Gasteiger partial charge in [-0.3, -0.25) is 4.79 Å². The molecule has 0 aliphatic carbocycles. The number of aromatic hydroxyl groups is 1. The van der Waals surface area contributed by atoms with Crippen molar-refractivity contribution in [2.45, 2.75) is 13.8 Å². The van der Waals surface area contributed by atoms with Crippen molar-refractivity contribution in [2.24, 2.45) is 0 Å². The molecule has 1 rings (SSSR count). The van der Waals surface area contributed by atoms with Gasteiger partial charge in [0.2, 0.25) is 0 Å². The Morgan fingerprint density at radius 1 is 1.35 bits per heavy atom. The van der Waals surface area contributed by atoms with Gasteiger partial charge in [0.05, 0.1) is 12.2 Å². The van der Waals surface area contributed by atoms with Crippen LogP contribution in [-0.2, 0) is 9.53 Å². The number of ketones is 1. The van der Waals surface area contributed by atoms with Crippen LogP contribution in [0, 0.1) is 0 Å². The van der Waals surface area contributed by atoms with Gasteiger partial charge in [-0.25, -0.2) is 4.79 Å². The molecule has 0 fully saturated rings. The van der Waals surface area contributed by atoms with Crippen molar-refractivity contribution in [1.29, 1.82) is 0 Å². The van der Waals surface area contributed by atoms with E-state index in [0.29, 0.717) is 5.75 Å². The molecule has 0 heterocycles. The molecule has 17 heavy (non-hydrogen) atoms. The summed E-state index contributed by atoms with van der Waals surface area (Å²) in [7, 11) is 0. The number of Topliss-reactive ketones (excluding diaryl/α,β-unsaturated/α-hetero) is 1. The van der Waals surface area contributed by atoms with E-state index in [1.807, 2.05) is 0 Å². The van der Waals surface area contributed by atoms with Crippen LogP contribution in [0.15, 0.2) is 18.2 Å². The maximum absolute atomic E-state index is 11.2. The van der Waals surface area contributed by atoms with Crippen LogP contribution in [-0.4, -0.2) is 30.1 Å². The molecule has 0 amide bonds. The summed E-state index contributed by atoms with van der Waals surface area (Å²) < 4.78 is 9.81. The third kappa shape index (κ3) is 3.79. The Balaban J connectivity index is 2.69. The summed E-state index contributed by atoms with van der Waals surface area (Å²) in [4.78, 5) is 22.2. The molecule has 0 aliphatic heterocycles. The SMILES string of the molecule is CCOC(=O)COc1ccc(O)c(C(C)=O)c1. The second-order valence-corrected chi connectivity index (χ2v) is 3.33. The van der Waals surface area contributed by atoms with Crippen LogP contribution in [0.1, 0.15) is 24.2 Å². The molecule has 0 saturated heterocycles. The van der Waals surface area contributed by atoms with E-state index in [2.05, 4.69) is 4.74 Å². The molecule has 1 N–H and O–H groups in total. The van der Waals surface area contributed by atoms with Gasteiger partial charge in [0.25, 0.3) is 0 Å². The highest BCUT2D eigenvalue weighted by molar-refractivity contribution is 5.97. The molecule has 0 atom stereocenters. The fourth-order valence-corrected chi connectivity index (χ4v) is 1.23. The van der Waals surface area contributed by atoms with Crippen molar-refractivity contribution in [3.8, 4) is 11.5 Å². The van der Waals surface area contributed by atoms with Gasteiger partial charge >= 0.3 is 5.97 Å². The number of hydrogen-bond donors (Lipinski definition) is 1. The zero-order valence-corrected chi connectivity index (χ0v) is 9.73. The third-order valence-electron chi connectivity index (χ3n) is 2.01. The number of hydrogen-bond acceptors (Lipinski definition) is 5. The Bertz CT molecular complexity index is 425. The Kier molecular flexibility index (Phi) is 4.51. The summed E-state index contributed by atoms with van der Waals surface area (Å²) in [5.41, 5.74) is 0.159. The third-order valence-corrected chi connectivity index (χ3v) is 2.01. The van der Waals surface area contributed by atoms with E-state index in [1.54, 1.807) is 6.92 Å². The van der Waals surface area contributed by atoms with E-state index in [9.17, 15) is 14.7 Å². The molecular weight excluding hydrogens is 224 g/mol. The molecule has 0 radical (unpaired) electrons. The van der Waals surface area contributed by atoms with E-state index in [-0.39, 0.29) is 30.3 Å². The van der Waals surface area contributed by atoms with E-state index in [1.165, 1.54) is 25.1 Å². The molecule has 1 aromatic carbocycles. The molecule has 0 spiro atoms. The molecule has 0 saturated carbocycles. The average Bonchev–Trinajstić information content (AvgIpc) is 2.28. The van der Waals surface area contributed by atoms with Gasteiger partial charge in [0.1, 0.15) is 11.5 Å². The van der Waals surface area contributed by atoms with Gasteiger partial charge in [0, 0.05) is 0 Å². The van der Waals surface area contributed by atoms with Crippen LogP contribution in [0.4, 0.5) is 0 Å². The van der Waals surface area contributed by atoms with Gasteiger partial charge in [-0.2, -0.15) is 0 Å². The lowest BCUT2D eigenvalue weighted by atomic mass is 10.1. The number of ether oxygens (including phenoxy) is 2. The lowest BCUT2D eigenvalue weighted by Gasteiger charge is -2.07. The van der Waals surface area contributed by atoms with Gasteiger partial charge < -0.3 is 14.6 Å². The quantitative estimate of drug-likeness (QED) is 0.622. The highest BCUT2D eigenvalue weighted by Gasteiger charge is 2.09. The minimum absolute atomic E-state index is 0.110. The van der Waals surface area contributed by atoms with Crippen LogP contribution in [0.2, 0.25) is 0 Å². The smallest absolute Gasteiger partial charge is 0.344 e. The van der Waals surface area contributed by atoms with Crippen LogP contribution in [0.5, 0.6) is 11.5 Å². The average molecular weight is 238 g/mol. The van der Waals surface area contributed by atoms with Crippen LogP contribution in [0.3, 0.4) is 0 Å². The molecule has 0 aromatic heterocycles. The van der Waals surface area contributed by atoms with Gasteiger partial charge in [-0.05, 0) is 32.0 Å². The van der Waals surface area contributed by atoms with Crippen LogP contribution < -0.4 is 4.74 Å². The summed E-state index contributed by atoms with van der Waals surface area (Å²) in [5, 5.41) is 9.40. The summed E-state index contributed by atoms with van der Waals surface area (Å²) in [6.07, 6.45) is 0. The first-order valence-corrected chi connectivity index (χ1v) is 5.17. The maximum Gasteiger partial charge on any atom is 0.344 e. The maximum atomic E-state index is 11.2. The summed E-state index contributed by atoms with van der Waals surface area (Å²) >= 11 is 0. The van der Waals surface area contributed by atoms with E-state index in [4.69, 9.17) is 4.74 Å². The Hall–Kier alpha value is -2.04. The second-order valence-electron chi connectivity index (χ2n) is 3.33. The molecule has 0 aliphatic rings. The second kappa shape index (κ2) is 5.89. The van der Waals surface area contributed by atoms with Crippen LogP contribution in [0.25, 0.3) is 0 Å². The monoisotopic (exact) mass is 238 g/mol. The van der Waals surface area contributed by atoms with Crippen molar-refractivity contribution in [2.75, 3.05) is 13.2 Å². The molecule has 92 valence electrons. The molecule has 0 bridgehead atoms. The van der Waals surface area contributed by atoms with Gasteiger partial charge in [0.15, 0.2) is 12.4 Å². The van der Waals surface area contributed by atoms with E-state index in [0.717, 1.165) is 0 Å². The number of carbonyl (C=O) groups excluding carboxylic acids is 2. The molecule has 5 nitrogen and oxygen atoms in total. The molecule has 1 aromatic rings. The highest BCUT2D eigenvalue weighted by atomic mass is 16.6. The minimum atomic E-state index is -0.482. The lowest BCUT2D eigenvalue weighted by Crippen LogP contribution is -2.14. The minimum Gasteiger partial charge on any atom is -0.507 e. The number of carbonyl (C=O) groups is 2. The standard InChI is InChI=1S/C12H14O5/c1-3-16-12(15)7-17-9-4-5-11(14)10(6-9)8(2)13/h4-6,14H,3,7H2,1-2H3. The van der Waals surface area contributed by atoms with E-state index >= 15 is 0 Å². The zero-order chi connectivity index (χ0) is 12.8. The Labute approximate surface area is 99.0 Å². The molecular formula is C12H14O5. The van der Waals surface area contributed by atoms with Crippen molar-refractivity contribution >= 4 is 11.8 Å². The molecule has 5 heteroatoms. The summed E-state index contributed by atoms with van der Waals surface area (Å²) in [5.74, 6) is -0.531. The predicted molar refractivity (Wildman–Crippen MR) is 60.2 cm³/mol. The molecule has 0 unspecified atom stereocenters. The number of benzene rings is 1. The number of esters is 1. The first kappa shape index (κ1) is 13.0. The fourth-order valence-electron chi connectivity index (χ4n) is 1.23. The first-order valence-electron chi connectivity index (χ1n) is 5.17. The predicted octanol–water partition coefficient (Wildman–Crippen LogP) is 1.54. The zero-order valence-electron chi connectivity index (χ0n) is 9.73. The van der Waals surface area contributed by atoms with Crippen molar-refractivity contribution in [1.82, 2.24) is 0 Å². The number of phenolic OH excluding ortho intramolecular Hbond substituents is 1. The van der Waals surface area contributed by atoms with Crippen molar-refractivity contribution in [3.63, 3.8) is 0 Å². The topological polar surface area (TPSA) is 72.8 Å². The van der Waals surface area contributed by atoms with Gasteiger partial charge in [-0.1, -0.05) is 0 Å². The number of rotatable bonds is 5. The Morgan fingerprint density at radius 2 is 2.06 bits per heavy atom. The van der Waals surface area contributed by atoms with Crippen LogP contribution >= 0.6 is 0 Å². The van der Waals surface area contributed by atoms with Crippen molar-refractivity contribution in [3.05, 3.63) is 23.8 Å². The first-order chi connectivity index (χ1) is 8.04. The van der Waals surface area contributed by atoms with Gasteiger partial charge in [-0.15, -0.1) is 0 Å². The summed E-state index contributed by atoms with van der Waals surface area (Å²) in [6.45, 7) is 3.10.